The van der Waals surface area contributed by atoms with Gasteiger partial charge in [-0.05, 0) is 18.1 Å². The monoisotopic (exact) mass is 257 g/mol. The van der Waals surface area contributed by atoms with E-state index in [2.05, 4.69) is 4.98 Å². The Balaban J connectivity index is 2.46. The van der Waals surface area contributed by atoms with E-state index in [1.165, 1.54) is 11.3 Å². The molecule has 0 N–H and O–H groups in total. The van der Waals surface area contributed by atoms with Crippen LogP contribution in [0.4, 0.5) is 13.2 Å². The second kappa shape index (κ2) is 4.49. The number of hydrogen-bond acceptors (Lipinski definition) is 2. The molecule has 0 atom stereocenters. The molecule has 1 nitrogen and oxygen atoms in total. The van der Waals surface area contributed by atoms with Crippen LogP contribution < -0.4 is 0 Å². The van der Waals surface area contributed by atoms with Crippen molar-refractivity contribution in [3.63, 3.8) is 0 Å². The average molecular weight is 257 g/mol. The van der Waals surface area contributed by atoms with Crippen molar-refractivity contribution >= 4 is 11.3 Å². The molecular formula is C12H10F3NS. The first kappa shape index (κ1) is 12.1. The summed E-state index contributed by atoms with van der Waals surface area (Å²) in [6.45, 7) is 4.01. The molecule has 0 spiro atoms. The van der Waals surface area contributed by atoms with Gasteiger partial charge in [-0.3, -0.25) is 0 Å². The van der Waals surface area contributed by atoms with E-state index in [4.69, 9.17) is 0 Å². The van der Waals surface area contributed by atoms with E-state index in [0.717, 1.165) is 17.0 Å². The molecule has 2 aromatic rings. The maximum absolute atomic E-state index is 13.1. The maximum atomic E-state index is 13.1. The van der Waals surface area contributed by atoms with E-state index in [1.807, 2.05) is 13.8 Å². The highest BCUT2D eigenvalue weighted by atomic mass is 32.1. The fraction of sp³-hybridized carbons (Fsp3) is 0.250. The number of aromatic nitrogens is 1. The lowest BCUT2D eigenvalue weighted by atomic mass is 10.2. The Morgan fingerprint density at radius 3 is 2.18 bits per heavy atom. The van der Waals surface area contributed by atoms with E-state index < -0.39 is 17.5 Å². The van der Waals surface area contributed by atoms with E-state index in [0.29, 0.717) is 10.9 Å². The molecule has 0 amide bonds. The molecule has 0 aliphatic rings. The molecule has 90 valence electrons. The van der Waals surface area contributed by atoms with Crippen molar-refractivity contribution < 1.29 is 13.2 Å². The molecule has 1 aromatic heterocycles. The molecule has 5 heteroatoms. The van der Waals surface area contributed by atoms with Crippen molar-refractivity contribution in [2.24, 2.45) is 0 Å². The van der Waals surface area contributed by atoms with Gasteiger partial charge in [-0.1, -0.05) is 13.8 Å². The summed E-state index contributed by atoms with van der Waals surface area (Å²) in [5.41, 5.74) is 0.262. The van der Waals surface area contributed by atoms with Crippen LogP contribution in [0.2, 0.25) is 0 Å². The topological polar surface area (TPSA) is 12.9 Å². The predicted octanol–water partition coefficient (Wildman–Crippen LogP) is 4.35. The molecule has 2 rings (SSSR count). The molecule has 17 heavy (non-hydrogen) atoms. The van der Waals surface area contributed by atoms with Gasteiger partial charge in [0, 0.05) is 16.6 Å². The summed E-state index contributed by atoms with van der Waals surface area (Å²) in [6, 6.07) is 1.92. The van der Waals surface area contributed by atoms with Crippen molar-refractivity contribution in [2.45, 2.75) is 19.8 Å². The lowest BCUT2D eigenvalue weighted by molar-refractivity contribution is 0.447. The van der Waals surface area contributed by atoms with E-state index >= 15 is 0 Å². The lowest BCUT2D eigenvalue weighted by Crippen LogP contribution is -1.91. The minimum absolute atomic E-state index is 0.262. The fourth-order valence-corrected chi connectivity index (χ4v) is 2.27. The smallest absolute Gasteiger partial charge is 0.194 e. The van der Waals surface area contributed by atoms with Gasteiger partial charge in [0.2, 0.25) is 0 Å². The molecular weight excluding hydrogens is 247 g/mol. The highest BCUT2D eigenvalue weighted by molar-refractivity contribution is 7.15. The molecule has 1 aromatic carbocycles. The van der Waals surface area contributed by atoms with Crippen molar-refractivity contribution in [3.8, 4) is 10.6 Å². The fourth-order valence-electron chi connectivity index (χ4n) is 1.37. The largest absolute Gasteiger partial charge is 0.244 e. The summed E-state index contributed by atoms with van der Waals surface area (Å²) in [5.74, 6) is -3.53. The van der Waals surface area contributed by atoms with Crippen LogP contribution in [0.5, 0.6) is 0 Å². The molecule has 1 heterocycles. The van der Waals surface area contributed by atoms with Gasteiger partial charge in [0.05, 0.1) is 0 Å². The number of thiazole rings is 1. The molecule has 0 aliphatic carbocycles. The van der Waals surface area contributed by atoms with Gasteiger partial charge < -0.3 is 0 Å². The van der Waals surface area contributed by atoms with Gasteiger partial charge in [0.1, 0.15) is 5.01 Å². The summed E-state index contributed by atoms with van der Waals surface area (Å²) >= 11 is 1.35. The first-order valence-corrected chi connectivity index (χ1v) is 5.91. The van der Waals surface area contributed by atoms with Crippen LogP contribution in [0.3, 0.4) is 0 Å². The zero-order valence-electron chi connectivity index (χ0n) is 9.30. The standard InChI is InChI=1S/C12H10F3NS/c1-6(2)10-5-16-12(17-10)7-3-8(13)11(15)9(14)4-7/h3-6H,1-2H3. The Hall–Kier alpha value is -1.36. The van der Waals surface area contributed by atoms with Crippen LogP contribution in [0, 0.1) is 17.5 Å². The molecule has 0 saturated heterocycles. The Bertz CT molecular complexity index is 525. The maximum Gasteiger partial charge on any atom is 0.194 e. The molecule has 0 aliphatic heterocycles. The highest BCUT2D eigenvalue weighted by Gasteiger charge is 2.14. The van der Waals surface area contributed by atoms with Gasteiger partial charge in [-0.15, -0.1) is 11.3 Å². The summed E-state index contributed by atoms with van der Waals surface area (Å²) in [6.07, 6.45) is 1.67. The zero-order chi connectivity index (χ0) is 12.6. The van der Waals surface area contributed by atoms with Gasteiger partial charge in [0.15, 0.2) is 17.5 Å². The van der Waals surface area contributed by atoms with Crippen LogP contribution in [-0.4, -0.2) is 4.98 Å². The quantitative estimate of drug-likeness (QED) is 0.729. The minimum Gasteiger partial charge on any atom is -0.244 e. The van der Waals surface area contributed by atoms with Gasteiger partial charge in [0.25, 0.3) is 0 Å². The number of halogens is 3. The first-order valence-electron chi connectivity index (χ1n) is 5.09. The third kappa shape index (κ3) is 2.34. The second-order valence-electron chi connectivity index (χ2n) is 3.98. The van der Waals surface area contributed by atoms with Gasteiger partial charge in [-0.2, -0.15) is 0 Å². The number of benzene rings is 1. The van der Waals surface area contributed by atoms with Crippen LogP contribution in [0.15, 0.2) is 18.3 Å². The second-order valence-corrected chi connectivity index (χ2v) is 5.04. The number of hydrogen-bond donors (Lipinski definition) is 0. The Labute approximate surface area is 101 Å². The third-order valence-electron chi connectivity index (χ3n) is 2.32. The normalized spacial score (nSPS) is 11.2. The summed E-state index contributed by atoms with van der Waals surface area (Å²) in [4.78, 5) is 5.10. The highest BCUT2D eigenvalue weighted by Crippen LogP contribution is 2.30. The molecule has 0 saturated carbocycles. The van der Waals surface area contributed by atoms with Crippen LogP contribution in [0.1, 0.15) is 24.6 Å². The van der Waals surface area contributed by atoms with E-state index in [9.17, 15) is 13.2 Å². The minimum atomic E-state index is -1.45. The van der Waals surface area contributed by atoms with Crippen molar-refractivity contribution in [3.05, 3.63) is 40.7 Å². The van der Waals surface area contributed by atoms with Gasteiger partial charge >= 0.3 is 0 Å². The molecule has 0 unspecified atom stereocenters. The van der Waals surface area contributed by atoms with Crippen molar-refractivity contribution in [2.75, 3.05) is 0 Å². The van der Waals surface area contributed by atoms with Crippen LogP contribution in [-0.2, 0) is 0 Å². The zero-order valence-corrected chi connectivity index (χ0v) is 10.1. The number of nitrogens with zero attached hydrogens (tertiary/aromatic N) is 1. The van der Waals surface area contributed by atoms with E-state index in [1.54, 1.807) is 6.20 Å². The van der Waals surface area contributed by atoms with E-state index in [-0.39, 0.29) is 5.56 Å². The van der Waals surface area contributed by atoms with Gasteiger partial charge in [-0.25, -0.2) is 18.2 Å². The van der Waals surface area contributed by atoms with Crippen LogP contribution >= 0.6 is 11.3 Å². The first-order chi connectivity index (χ1) is 7.99. The Morgan fingerprint density at radius 1 is 1.12 bits per heavy atom. The molecule has 0 fully saturated rings. The van der Waals surface area contributed by atoms with Crippen molar-refractivity contribution in [1.29, 1.82) is 0 Å². The average Bonchev–Trinajstić information content (AvgIpc) is 2.74. The van der Waals surface area contributed by atoms with Crippen LogP contribution in [0.25, 0.3) is 10.6 Å². The summed E-state index contributed by atoms with van der Waals surface area (Å²) in [5, 5.41) is 0.492. The Kier molecular flexibility index (Phi) is 3.19. The van der Waals surface area contributed by atoms with Crippen molar-refractivity contribution in [1.82, 2.24) is 4.98 Å². The predicted molar refractivity (Wildman–Crippen MR) is 61.5 cm³/mol. The third-order valence-corrected chi connectivity index (χ3v) is 3.67. The lowest BCUT2D eigenvalue weighted by Gasteiger charge is -2.00. The summed E-state index contributed by atoms with van der Waals surface area (Å²) in [7, 11) is 0. The molecule has 0 bridgehead atoms. The summed E-state index contributed by atoms with van der Waals surface area (Å²) < 4.78 is 38.9. The number of rotatable bonds is 2. The SMILES string of the molecule is CC(C)c1cnc(-c2cc(F)c(F)c(F)c2)s1. The molecule has 0 radical (unpaired) electrons. The Morgan fingerprint density at radius 2 is 1.71 bits per heavy atom.